The van der Waals surface area contributed by atoms with Crippen molar-refractivity contribution < 1.29 is 18.0 Å². The zero-order chi connectivity index (χ0) is 27.0. The second-order valence-corrected chi connectivity index (χ2v) is 9.37. The molecule has 0 fully saturated rings. The second-order valence-electron chi connectivity index (χ2n) is 9.37. The van der Waals surface area contributed by atoms with Crippen molar-refractivity contribution in [1.29, 1.82) is 0 Å². The summed E-state index contributed by atoms with van der Waals surface area (Å²) in [5.74, 6) is -0.124. The molecule has 3 heterocycles. The molecule has 0 saturated heterocycles. The molecule has 5 rings (SSSR count). The van der Waals surface area contributed by atoms with Crippen LogP contribution in [0.3, 0.4) is 0 Å². The maximum Gasteiger partial charge on any atom is 0.433 e. The lowest BCUT2D eigenvalue weighted by atomic mass is 10.0. The summed E-state index contributed by atoms with van der Waals surface area (Å²) < 4.78 is 44.3. The standard InChI is InChI=1S/C28H25F3N6O/c1-17(2)20-9-11-21(12-10-20)22-14-24(28(29,30)31)37-26(32-22)15-23(34-37)27(38)33-25-13-18(3)36(35-25)16-19-7-5-4-6-8-19/h4-15,17H,16H2,1-3H3,(H,33,35,38). The van der Waals surface area contributed by atoms with Crippen molar-refractivity contribution in [3.8, 4) is 11.3 Å². The molecule has 2 aromatic carbocycles. The van der Waals surface area contributed by atoms with Crippen LogP contribution in [0.2, 0.25) is 0 Å². The van der Waals surface area contributed by atoms with Gasteiger partial charge < -0.3 is 5.32 Å². The van der Waals surface area contributed by atoms with Crippen molar-refractivity contribution in [2.75, 3.05) is 5.32 Å². The summed E-state index contributed by atoms with van der Waals surface area (Å²) in [6.45, 7) is 6.44. The van der Waals surface area contributed by atoms with Crippen LogP contribution in [0.5, 0.6) is 0 Å². The van der Waals surface area contributed by atoms with Crippen LogP contribution >= 0.6 is 0 Å². The number of carbonyl (C=O) groups is 1. The Morgan fingerprint density at radius 1 is 0.974 bits per heavy atom. The molecule has 0 spiro atoms. The van der Waals surface area contributed by atoms with Crippen LogP contribution in [-0.4, -0.2) is 30.3 Å². The molecule has 3 aromatic heterocycles. The highest BCUT2D eigenvalue weighted by Gasteiger charge is 2.35. The third-order valence-electron chi connectivity index (χ3n) is 6.22. The van der Waals surface area contributed by atoms with Gasteiger partial charge in [-0.05, 0) is 30.0 Å². The van der Waals surface area contributed by atoms with E-state index in [9.17, 15) is 18.0 Å². The highest BCUT2D eigenvalue weighted by Crippen LogP contribution is 2.33. The van der Waals surface area contributed by atoms with Crippen molar-refractivity contribution in [3.63, 3.8) is 0 Å². The minimum atomic E-state index is -4.71. The highest BCUT2D eigenvalue weighted by atomic mass is 19.4. The normalized spacial score (nSPS) is 11.9. The fourth-order valence-electron chi connectivity index (χ4n) is 4.14. The zero-order valence-electron chi connectivity index (χ0n) is 21.0. The van der Waals surface area contributed by atoms with Gasteiger partial charge in [-0.3, -0.25) is 9.48 Å². The van der Waals surface area contributed by atoms with Gasteiger partial charge in [0.15, 0.2) is 22.9 Å². The topological polar surface area (TPSA) is 77.1 Å². The highest BCUT2D eigenvalue weighted by molar-refractivity contribution is 6.03. The van der Waals surface area contributed by atoms with Gasteiger partial charge in [-0.25, -0.2) is 9.50 Å². The van der Waals surface area contributed by atoms with Crippen LogP contribution in [0.15, 0.2) is 72.8 Å². The van der Waals surface area contributed by atoms with Gasteiger partial charge in [0.1, 0.15) is 0 Å². The predicted molar refractivity (Wildman–Crippen MR) is 138 cm³/mol. The van der Waals surface area contributed by atoms with Crippen molar-refractivity contribution in [2.45, 2.75) is 39.4 Å². The number of carbonyl (C=O) groups excluding carboxylic acids is 1. The number of amides is 1. The Kier molecular flexibility index (Phi) is 6.48. The Morgan fingerprint density at radius 2 is 1.68 bits per heavy atom. The average molecular weight is 519 g/mol. The Hall–Kier alpha value is -4.47. The molecule has 0 aliphatic heterocycles. The van der Waals surface area contributed by atoms with Crippen molar-refractivity contribution >= 4 is 17.4 Å². The number of halogens is 3. The number of alkyl halides is 3. The number of anilines is 1. The van der Waals surface area contributed by atoms with Crippen molar-refractivity contribution in [2.24, 2.45) is 0 Å². The first-order chi connectivity index (χ1) is 18.1. The van der Waals surface area contributed by atoms with Gasteiger partial charge in [0.25, 0.3) is 5.91 Å². The Morgan fingerprint density at radius 3 is 2.34 bits per heavy atom. The summed E-state index contributed by atoms with van der Waals surface area (Å²) >= 11 is 0. The Balaban J connectivity index is 1.45. The second kappa shape index (κ2) is 9.77. The molecular formula is C28H25F3N6O. The number of benzene rings is 2. The van der Waals surface area contributed by atoms with Gasteiger partial charge in [-0.15, -0.1) is 0 Å². The number of aryl methyl sites for hydroxylation is 1. The number of hydrogen-bond donors (Lipinski definition) is 1. The summed E-state index contributed by atoms with van der Waals surface area (Å²) in [5, 5.41) is 11.0. The van der Waals surface area contributed by atoms with E-state index in [1.165, 1.54) is 6.07 Å². The average Bonchev–Trinajstić information content (AvgIpc) is 3.46. The van der Waals surface area contributed by atoms with Crippen LogP contribution < -0.4 is 5.32 Å². The summed E-state index contributed by atoms with van der Waals surface area (Å²) in [7, 11) is 0. The molecule has 0 aliphatic carbocycles. The third kappa shape index (κ3) is 5.15. The zero-order valence-corrected chi connectivity index (χ0v) is 21.0. The van der Waals surface area contributed by atoms with Crippen molar-refractivity contribution in [3.05, 3.63) is 101 Å². The molecule has 10 heteroatoms. The summed E-state index contributed by atoms with van der Waals surface area (Å²) in [4.78, 5) is 17.3. The molecule has 1 amide bonds. The maximum absolute atomic E-state index is 14.0. The van der Waals surface area contributed by atoms with Crippen LogP contribution in [0.1, 0.15) is 52.8 Å². The minimum Gasteiger partial charge on any atom is -0.304 e. The van der Waals surface area contributed by atoms with E-state index in [4.69, 9.17) is 0 Å². The van der Waals surface area contributed by atoms with Gasteiger partial charge in [-0.2, -0.15) is 23.4 Å². The molecule has 0 atom stereocenters. The van der Waals surface area contributed by atoms with Crippen LogP contribution in [0.25, 0.3) is 16.9 Å². The molecule has 0 bridgehead atoms. The van der Waals surface area contributed by atoms with E-state index in [0.717, 1.165) is 22.9 Å². The number of aromatic nitrogens is 5. The van der Waals surface area contributed by atoms with E-state index in [2.05, 4.69) is 20.5 Å². The number of fused-ring (bicyclic) bond motifs is 1. The first kappa shape index (κ1) is 25.2. The smallest absolute Gasteiger partial charge is 0.304 e. The van der Waals surface area contributed by atoms with E-state index < -0.39 is 17.8 Å². The van der Waals surface area contributed by atoms with Crippen LogP contribution in [0.4, 0.5) is 19.0 Å². The molecule has 0 aliphatic rings. The number of nitrogens with one attached hydrogen (secondary N) is 1. The van der Waals surface area contributed by atoms with E-state index in [-0.39, 0.29) is 28.8 Å². The van der Waals surface area contributed by atoms with Gasteiger partial charge in [0.2, 0.25) is 0 Å². The van der Waals surface area contributed by atoms with Crippen molar-refractivity contribution in [1.82, 2.24) is 24.4 Å². The molecular weight excluding hydrogens is 493 g/mol. The number of nitrogens with zero attached hydrogens (tertiary/aromatic N) is 5. The van der Waals surface area contributed by atoms with Gasteiger partial charge in [0, 0.05) is 23.4 Å². The molecule has 1 N–H and O–H groups in total. The van der Waals surface area contributed by atoms with E-state index >= 15 is 0 Å². The molecule has 0 unspecified atom stereocenters. The lowest BCUT2D eigenvalue weighted by Crippen LogP contribution is -2.16. The number of hydrogen-bond acceptors (Lipinski definition) is 4. The van der Waals surface area contributed by atoms with E-state index in [0.29, 0.717) is 16.6 Å². The fraction of sp³-hybridized carbons (Fsp3) is 0.214. The van der Waals surface area contributed by atoms with Gasteiger partial charge in [-0.1, -0.05) is 68.4 Å². The molecule has 38 heavy (non-hydrogen) atoms. The first-order valence-electron chi connectivity index (χ1n) is 12.1. The van der Waals surface area contributed by atoms with E-state index in [1.807, 2.05) is 63.2 Å². The SMILES string of the molecule is Cc1cc(NC(=O)c2cc3nc(-c4ccc(C(C)C)cc4)cc(C(F)(F)F)n3n2)nn1Cc1ccccc1. The molecule has 194 valence electrons. The summed E-state index contributed by atoms with van der Waals surface area (Å²) in [6.07, 6.45) is -4.71. The lowest BCUT2D eigenvalue weighted by Gasteiger charge is -2.11. The largest absolute Gasteiger partial charge is 0.433 e. The molecule has 5 aromatic rings. The maximum atomic E-state index is 14.0. The molecule has 7 nitrogen and oxygen atoms in total. The first-order valence-corrected chi connectivity index (χ1v) is 12.1. The molecule has 0 radical (unpaired) electrons. The Bertz CT molecular complexity index is 1600. The quantitative estimate of drug-likeness (QED) is 0.284. The van der Waals surface area contributed by atoms with Crippen LogP contribution in [-0.2, 0) is 12.7 Å². The third-order valence-corrected chi connectivity index (χ3v) is 6.22. The monoisotopic (exact) mass is 518 g/mol. The predicted octanol–water partition coefficient (Wildman–Crippen LogP) is 6.34. The molecule has 0 saturated carbocycles. The number of rotatable bonds is 6. The van der Waals surface area contributed by atoms with E-state index in [1.54, 1.807) is 22.9 Å². The minimum absolute atomic E-state index is 0.0845. The Labute approximate surface area is 216 Å². The summed E-state index contributed by atoms with van der Waals surface area (Å²) in [5.41, 5.74) is 2.29. The fourth-order valence-corrected chi connectivity index (χ4v) is 4.14. The lowest BCUT2D eigenvalue weighted by molar-refractivity contribution is -0.142. The summed E-state index contributed by atoms with van der Waals surface area (Å²) in [6, 6.07) is 20.8. The van der Waals surface area contributed by atoms with Gasteiger partial charge >= 0.3 is 6.18 Å². The van der Waals surface area contributed by atoms with Gasteiger partial charge in [0.05, 0.1) is 12.2 Å². The van der Waals surface area contributed by atoms with Crippen LogP contribution in [0, 0.1) is 6.92 Å².